The number of aromatic nitrogens is 4. The number of nitrogens with two attached hydrogens (primary N) is 1. The molecule has 2 heterocycles. The van der Waals surface area contributed by atoms with E-state index in [0.29, 0.717) is 5.95 Å². The minimum absolute atomic E-state index is 0.558. The van der Waals surface area contributed by atoms with Crippen LogP contribution in [0.15, 0.2) is 36.7 Å². The van der Waals surface area contributed by atoms with Gasteiger partial charge in [-0.05, 0) is 30.7 Å². The van der Waals surface area contributed by atoms with Crippen molar-refractivity contribution in [2.75, 3.05) is 5.73 Å². The standard InChI is InChI=1S/C13H15N5/c1-10-3-4-11-12(9-10)18(13(14)16-11)8-7-17-6-2-5-15-17/h2-6,9H,7-8H2,1H3,(H2,14,16). The molecule has 5 heteroatoms. The highest BCUT2D eigenvalue weighted by Gasteiger charge is 2.07. The maximum atomic E-state index is 5.97. The first-order valence-electron chi connectivity index (χ1n) is 5.94. The van der Waals surface area contributed by atoms with Crippen LogP contribution in [0.3, 0.4) is 0 Å². The Balaban J connectivity index is 1.95. The molecule has 0 aliphatic heterocycles. The summed E-state index contributed by atoms with van der Waals surface area (Å²) < 4.78 is 3.92. The lowest BCUT2D eigenvalue weighted by atomic mass is 10.2. The molecule has 1 aromatic carbocycles. The summed E-state index contributed by atoms with van der Waals surface area (Å²) in [4.78, 5) is 4.37. The highest BCUT2D eigenvalue weighted by molar-refractivity contribution is 5.79. The Morgan fingerprint density at radius 1 is 1.28 bits per heavy atom. The van der Waals surface area contributed by atoms with E-state index in [-0.39, 0.29) is 0 Å². The first-order chi connectivity index (χ1) is 8.74. The normalized spacial score (nSPS) is 11.2. The number of aryl methyl sites for hydroxylation is 3. The predicted molar refractivity (Wildman–Crippen MR) is 71.1 cm³/mol. The molecule has 0 spiro atoms. The molecule has 0 saturated carbocycles. The zero-order chi connectivity index (χ0) is 12.5. The second-order valence-corrected chi connectivity index (χ2v) is 4.38. The third-order valence-corrected chi connectivity index (χ3v) is 3.05. The zero-order valence-electron chi connectivity index (χ0n) is 10.2. The first-order valence-corrected chi connectivity index (χ1v) is 5.94. The largest absolute Gasteiger partial charge is 0.369 e. The number of hydrogen-bond acceptors (Lipinski definition) is 3. The Morgan fingerprint density at radius 3 is 2.94 bits per heavy atom. The molecule has 0 aliphatic rings. The summed E-state index contributed by atoms with van der Waals surface area (Å²) in [6.45, 7) is 3.63. The number of benzene rings is 1. The van der Waals surface area contributed by atoms with E-state index in [1.54, 1.807) is 6.20 Å². The maximum absolute atomic E-state index is 5.97. The summed E-state index contributed by atoms with van der Waals surface area (Å²) in [7, 11) is 0. The molecule has 3 aromatic rings. The van der Waals surface area contributed by atoms with Crippen LogP contribution < -0.4 is 5.73 Å². The van der Waals surface area contributed by atoms with Crippen LogP contribution in [0.2, 0.25) is 0 Å². The Morgan fingerprint density at radius 2 is 2.17 bits per heavy atom. The van der Waals surface area contributed by atoms with E-state index in [0.717, 1.165) is 24.1 Å². The van der Waals surface area contributed by atoms with E-state index in [1.807, 2.05) is 33.6 Å². The van der Waals surface area contributed by atoms with Crippen LogP contribution in [0, 0.1) is 6.92 Å². The molecule has 92 valence electrons. The fourth-order valence-electron chi connectivity index (χ4n) is 2.12. The van der Waals surface area contributed by atoms with Crippen molar-refractivity contribution >= 4 is 17.0 Å². The smallest absolute Gasteiger partial charge is 0.201 e. The van der Waals surface area contributed by atoms with Crippen LogP contribution in [-0.4, -0.2) is 19.3 Å². The van der Waals surface area contributed by atoms with Gasteiger partial charge in [0.05, 0.1) is 17.6 Å². The van der Waals surface area contributed by atoms with Crippen LogP contribution in [0.4, 0.5) is 5.95 Å². The molecule has 0 fully saturated rings. The van der Waals surface area contributed by atoms with Crippen LogP contribution in [0.1, 0.15) is 5.56 Å². The molecule has 0 radical (unpaired) electrons. The van der Waals surface area contributed by atoms with E-state index < -0.39 is 0 Å². The van der Waals surface area contributed by atoms with E-state index in [9.17, 15) is 0 Å². The van der Waals surface area contributed by atoms with Crippen LogP contribution in [0.25, 0.3) is 11.0 Å². The molecule has 0 saturated heterocycles. The monoisotopic (exact) mass is 241 g/mol. The number of nitrogens with zero attached hydrogens (tertiary/aromatic N) is 4. The molecular weight excluding hydrogens is 226 g/mol. The van der Waals surface area contributed by atoms with Gasteiger partial charge < -0.3 is 10.3 Å². The van der Waals surface area contributed by atoms with Crippen molar-refractivity contribution in [3.8, 4) is 0 Å². The lowest BCUT2D eigenvalue weighted by molar-refractivity contribution is 0.544. The summed E-state index contributed by atoms with van der Waals surface area (Å²) in [6.07, 6.45) is 3.72. The summed E-state index contributed by atoms with van der Waals surface area (Å²) in [5.74, 6) is 0.558. The topological polar surface area (TPSA) is 61.7 Å². The average molecular weight is 241 g/mol. The summed E-state index contributed by atoms with van der Waals surface area (Å²) >= 11 is 0. The van der Waals surface area contributed by atoms with Gasteiger partial charge in [-0.25, -0.2) is 4.98 Å². The predicted octanol–water partition coefficient (Wildman–Crippen LogP) is 1.82. The number of fused-ring (bicyclic) bond motifs is 1. The van der Waals surface area contributed by atoms with Crippen LogP contribution in [0.5, 0.6) is 0 Å². The molecule has 18 heavy (non-hydrogen) atoms. The van der Waals surface area contributed by atoms with Gasteiger partial charge in [0, 0.05) is 18.9 Å². The second-order valence-electron chi connectivity index (χ2n) is 4.38. The molecule has 3 rings (SSSR count). The molecule has 0 unspecified atom stereocenters. The van der Waals surface area contributed by atoms with Crippen molar-refractivity contribution < 1.29 is 0 Å². The van der Waals surface area contributed by atoms with Gasteiger partial charge in [-0.1, -0.05) is 6.07 Å². The summed E-state index contributed by atoms with van der Waals surface area (Å²) in [5.41, 5.74) is 9.20. The van der Waals surface area contributed by atoms with Crippen molar-refractivity contribution in [2.24, 2.45) is 0 Å². The zero-order valence-corrected chi connectivity index (χ0v) is 10.2. The average Bonchev–Trinajstić information content (AvgIpc) is 2.94. The lowest BCUT2D eigenvalue weighted by Gasteiger charge is -2.07. The molecule has 2 aromatic heterocycles. The van der Waals surface area contributed by atoms with Gasteiger partial charge in [0.2, 0.25) is 5.95 Å². The third kappa shape index (κ3) is 1.84. The van der Waals surface area contributed by atoms with Gasteiger partial charge in [0.1, 0.15) is 0 Å². The maximum Gasteiger partial charge on any atom is 0.201 e. The Hall–Kier alpha value is -2.30. The molecule has 0 amide bonds. The number of rotatable bonds is 3. The highest BCUT2D eigenvalue weighted by atomic mass is 15.3. The lowest BCUT2D eigenvalue weighted by Crippen LogP contribution is -2.10. The quantitative estimate of drug-likeness (QED) is 0.761. The Bertz CT molecular complexity index is 666. The fourth-order valence-corrected chi connectivity index (χ4v) is 2.12. The van der Waals surface area contributed by atoms with Crippen molar-refractivity contribution in [1.82, 2.24) is 19.3 Å². The second kappa shape index (κ2) is 4.18. The van der Waals surface area contributed by atoms with Gasteiger partial charge in [-0.2, -0.15) is 5.10 Å². The minimum atomic E-state index is 0.558. The van der Waals surface area contributed by atoms with Crippen LogP contribution >= 0.6 is 0 Å². The van der Waals surface area contributed by atoms with Crippen molar-refractivity contribution in [1.29, 1.82) is 0 Å². The Labute approximate surface area is 105 Å². The van der Waals surface area contributed by atoms with Gasteiger partial charge >= 0.3 is 0 Å². The SMILES string of the molecule is Cc1ccc2nc(N)n(CCn3cccn3)c2c1. The number of imidazole rings is 1. The van der Waals surface area contributed by atoms with E-state index >= 15 is 0 Å². The minimum Gasteiger partial charge on any atom is -0.369 e. The molecule has 2 N–H and O–H groups in total. The Kier molecular flexibility index (Phi) is 2.51. The number of anilines is 1. The number of nitrogen functional groups attached to an aromatic ring is 1. The molecule has 0 aliphatic carbocycles. The van der Waals surface area contributed by atoms with Gasteiger partial charge in [-0.3, -0.25) is 4.68 Å². The molecule has 0 atom stereocenters. The van der Waals surface area contributed by atoms with Crippen LogP contribution in [-0.2, 0) is 13.1 Å². The summed E-state index contributed by atoms with van der Waals surface area (Å²) in [5, 5.41) is 4.19. The highest BCUT2D eigenvalue weighted by Crippen LogP contribution is 2.19. The van der Waals surface area contributed by atoms with Crippen molar-refractivity contribution in [2.45, 2.75) is 20.0 Å². The number of hydrogen-bond donors (Lipinski definition) is 1. The van der Waals surface area contributed by atoms with Gasteiger partial charge in [-0.15, -0.1) is 0 Å². The molecule has 0 bridgehead atoms. The van der Waals surface area contributed by atoms with E-state index in [1.165, 1.54) is 5.56 Å². The van der Waals surface area contributed by atoms with E-state index in [2.05, 4.69) is 23.1 Å². The molecule has 5 nitrogen and oxygen atoms in total. The van der Waals surface area contributed by atoms with Gasteiger partial charge in [0.25, 0.3) is 0 Å². The fraction of sp³-hybridized carbons (Fsp3) is 0.231. The van der Waals surface area contributed by atoms with Crippen molar-refractivity contribution in [3.05, 3.63) is 42.2 Å². The van der Waals surface area contributed by atoms with Gasteiger partial charge in [0.15, 0.2) is 0 Å². The van der Waals surface area contributed by atoms with Crippen molar-refractivity contribution in [3.63, 3.8) is 0 Å². The first kappa shape index (κ1) is 10.8. The van der Waals surface area contributed by atoms with E-state index in [4.69, 9.17) is 5.73 Å². The third-order valence-electron chi connectivity index (χ3n) is 3.05. The molecular formula is C13H15N5. The summed E-state index contributed by atoms with van der Waals surface area (Å²) in [6, 6.07) is 8.08.